The predicted octanol–water partition coefficient (Wildman–Crippen LogP) is 3.01. The van der Waals surface area contributed by atoms with Crippen molar-refractivity contribution in [3.8, 4) is 6.07 Å². The molecule has 0 amide bonds. The Morgan fingerprint density at radius 1 is 1.24 bits per heavy atom. The maximum atomic E-state index is 10.0. The van der Waals surface area contributed by atoms with Crippen LogP contribution in [0.2, 0.25) is 0 Å². The quantitative estimate of drug-likeness (QED) is 0.909. The standard InChI is InChI=1S/C17H24N2O2/c1-12(20)14-7-6-13(9-18)8-15(14)19-10-16(2,3)21-17(4,5)11-19/h6-8,12,20H,10-11H2,1-5H3/t12-/m0/s1. The molecule has 0 bridgehead atoms. The van der Waals surface area contributed by atoms with Gasteiger partial charge in [0.05, 0.1) is 28.9 Å². The van der Waals surface area contributed by atoms with Crippen LogP contribution < -0.4 is 4.90 Å². The summed E-state index contributed by atoms with van der Waals surface area (Å²) in [6, 6.07) is 7.63. The first kappa shape index (κ1) is 15.8. The second-order valence-electron chi connectivity index (χ2n) is 7.04. The SMILES string of the molecule is C[C@H](O)c1ccc(C#N)cc1N1CC(C)(C)OC(C)(C)C1. The molecule has 1 N–H and O–H groups in total. The third kappa shape index (κ3) is 3.55. The van der Waals surface area contributed by atoms with Crippen LogP contribution in [0, 0.1) is 11.3 Å². The van der Waals surface area contributed by atoms with Crippen molar-refractivity contribution in [2.75, 3.05) is 18.0 Å². The molecule has 4 heteroatoms. The van der Waals surface area contributed by atoms with Crippen molar-refractivity contribution in [1.29, 1.82) is 5.26 Å². The summed E-state index contributed by atoms with van der Waals surface area (Å²) in [5.41, 5.74) is 1.83. The van der Waals surface area contributed by atoms with Crippen LogP contribution in [0.4, 0.5) is 5.69 Å². The average Bonchev–Trinajstić information content (AvgIpc) is 2.34. The maximum absolute atomic E-state index is 10.0. The van der Waals surface area contributed by atoms with Crippen LogP contribution >= 0.6 is 0 Å². The summed E-state index contributed by atoms with van der Waals surface area (Å²) in [7, 11) is 0. The van der Waals surface area contributed by atoms with Crippen LogP contribution in [0.3, 0.4) is 0 Å². The van der Waals surface area contributed by atoms with E-state index in [4.69, 9.17) is 10.00 Å². The molecule has 1 aromatic rings. The van der Waals surface area contributed by atoms with E-state index in [-0.39, 0.29) is 11.2 Å². The third-order valence-corrected chi connectivity index (χ3v) is 3.65. The zero-order valence-electron chi connectivity index (χ0n) is 13.5. The van der Waals surface area contributed by atoms with Crippen LogP contribution in [0.25, 0.3) is 0 Å². The third-order valence-electron chi connectivity index (χ3n) is 3.65. The minimum Gasteiger partial charge on any atom is -0.389 e. The summed E-state index contributed by atoms with van der Waals surface area (Å²) in [4.78, 5) is 2.21. The molecule has 0 radical (unpaired) electrons. The predicted molar refractivity (Wildman–Crippen MR) is 83.2 cm³/mol. The number of nitrogens with zero attached hydrogens (tertiary/aromatic N) is 2. The van der Waals surface area contributed by atoms with Crippen LogP contribution in [0.5, 0.6) is 0 Å². The highest BCUT2D eigenvalue weighted by Gasteiger charge is 2.38. The molecule has 1 heterocycles. The minimum atomic E-state index is -0.568. The van der Waals surface area contributed by atoms with Crippen molar-refractivity contribution in [1.82, 2.24) is 0 Å². The Hall–Kier alpha value is -1.57. The van der Waals surface area contributed by atoms with Crippen LogP contribution in [0.15, 0.2) is 18.2 Å². The van der Waals surface area contributed by atoms with Crippen LogP contribution in [0.1, 0.15) is 51.8 Å². The van der Waals surface area contributed by atoms with E-state index in [1.54, 1.807) is 13.0 Å². The number of rotatable bonds is 2. The number of aliphatic hydroxyl groups excluding tert-OH is 1. The van der Waals surface area contributed by atoms with Crippen molar-refractivity contribution >= 4 is 5.69 Å². The fourth-order valence-electron chi connectivity index (χ4n) is 3.20. The highest BCUT2D eigenvalue weighted by Crippen LogP contribution is 2.35. The maximum Gasteiger partial charge on any atom is 0.0992 e. The van der Waals surface area contributed by atoms with E-state index in [9.17, 15) is 5.11 Å². The lowest BCUT2D eigenvalue weighted by molar-refractivity contribution is -0.133. The Morgan fingerprint density at radius 3 is 2.29 bits per heavy atom. The molecule has 0 aromatic heterocycles. The van der Waals surface area contributed by atoms with Gasteiger partial charge < -0.3 is 14.7 Å². The molecule has 114 valence electrons. The number of morpholine rings is 1. The molecule has 1 aliphatic heterocycles. The summed E-state index contributed by atoms with van der Waals surface area (Å²) >= 11 is 0. The molecule has 4 nitrogen and oxygen atoms in total. The summed E-state index contributed by atoms with van der Waals surface area (Å²) in [5, 5.41) is 19.2. The van der Waals surface area contributed by atoms with Crippen LogP contribution in [-0.4, -0.2) is 29.4 Å². The Balaban J connectivity index is 2.47. The fraction of sp³-hybridized carbons (Fsp3) is 0.588. The van der Waals surface area contributed by atoms with Gasteiger partial charge in [-0.1, -0.05) is 6.07 Å². The normalized spacial score (nSPS) is 21.7. The topological polar surface area (TPSA) is 56.5 Å². The molecule has 0 spiro atoms. The van der Waals surface area contributed by atoms with Gasteiger partial charge in [-0.3, -0.25) is 0 Å². The Bertz CT molecular complexity index is 555. The number of anilines is 1. The van der Waals surface area contributed by atoms with E-state index in [0.29, 0.717) is 5.56 Å². The Kier molecular flexibility index (Phi) is 4.01. The molecule has 1 aromatic carbocycles. The smallest absolute Gasteiger partial charge is 0.0992 e. The van der Waals surface area contributed by atoms with Gasteiger partial charge in [0.15, 0.2) is 0 Å². The highest BCUT2D eigenvalue weighted by atomic mass is 16.5. The molecule has 0 saturated carbocycles. The van der Waals surface area contributed by atoms with E-state index in [0.717, 1.165) is 24.3 Å². The molecule has 0 aliphatic carbocycles. The van der Waals surface area contributed by atoms with Gasteiger partial charge >= 0.3 is 0 Å². The Labute approximate surface area is 127 Å². The summed E-state index contributed by atoms with van der Waals surface area (Å²) in [6.07, 6.45) is -0.568. The molecule has 1 atom stereocenters. The van der Waals surface area contributed by atoms with Gasteiger partial charge in [0.2, 0.25) is 0 Å². The summed E-state index contributed by atoms with van der Waals surface area (Å²) in [5.74, 6) is 0. The summed E-state index contributed by atoms with van der Waals surface area (Å²) in [6.45, 7) is 11.5. The van der Waals surface area contributed by atoms with Crippen molar-refractivity contribution < 1.29 is 9.84 Å². The lowest BCUT2D eigenvalue weighted by Crippen LogP contribution is -2.57. The number of benzene rings is 1. The lowest BCUT2D eigenvalue weighted by atomic mass is 9.96. The van der Waals surface area contributed by atoms with Gasteiger partial charge in [0, 0.05) is 24.3 Å². The second kappa shape index (κ2) is 5.32. The average molecular weight is 288 g/mol. The number of hydrogen-bond acceptors (Lipinski definition) is 4. The van der Waals surface area contributed by atoms with Crippen molar-refractivity contribution in [3.05, 3.63) is 29.3 Å². The molecular formula is C17H24N2O2. The zero-order valence-corrected chi connectivity index (χ0v) is 13.5. The van der Waals surface area contributed by atoms with E-state index in [1.807, 2.05) is 12.1 Å². The fourth-order valence-corrected chi connectivity index (χ4v) is 3.20. The van der Waals surface area contributed by atoms with Gasteiger partial charge in [-0.05, 0) is 46.8 Å². The van der Waals surface area contributed by atoms with E-state index < -0.39 is 6.10 Å². The number of nitriles is 1. The first-order valence-electron chi connectivity index (χ1n) is 7.31. The minimum absolute atomic E-state index is 0.277. The van der Waals surface area contributed by atoms with Gasteiger partial charge in [-0.15, -0.1) is 0 Å². The van der Waals surface area contributed by atoms with Gasteiger partial charge in [0.1, 0.15) is 0 Å². The molecule has 2 rings (SSSR count). The van der Waals surface area contributed by atoms with E-state index in [2.05, 4.69) is 38.7 Å². The van der Waals surface area contributed by atoms with Crippen LogP contribution in [-0.2, 0) is 4.74 Å². The summed E-state index contributed by atoms with van der Waals surface area (Å²) < 4.78 is 6.10. The molecule has 1 fully saturated rings. The Morgan fingerprint density at radius 2 is 1.81 bits per heavy atom. The molecule has 1 aliphatic rings. The molecule has 21 heavy (non-hydrogen) atoms. The highest BCUT2D eigenvalue weighted by molar-refractivity contribution is 5.59. The number of ether oxygens (including phenoxy) is 1. The van der Waals surface area contributed by atoms with Gasteiger partial charge in [-0.2, -0.15) is 5.26 Å². The monoisotopic (exact) mass is 288 g/mol. The first-order valence-corrected chi connectivity index (χ1v) is 7.31. The first-order chi connectivity index (χ1) is 9.63. The van der Waals surface area contributed by atoms with E-state index in [1.165, 1.54) is 0 Å². The van der Waals surface area contributed by atoms with Crippen molar-refractivity contribution in [2.24, 2.45) is 0 Å². The zero-order chi connectivity index (χ0) is 15.8. The van der Waals surface area contributed by atoms with Gasteiger partial charge in [0.25, 0.3) is 0 Å². The lowest BCUT2D eigenvalue weighted by Gasteiger charge is -2.48. The molecule has 0 unspecified atom stereocenters. The second-order valence-corrected chi connectivity index (χ2v) is 7.04. The van der Waals surface area contributed by atoms with Crippen molar-refractivity contribution in [2.45, 2.75) is 51.9 Å². The molecule has 1 saturated heterocycles. The number of hydrogen-bond donors (Lipinski definition) is 1. The largest absolute Gasteiger partial charge is 0.389 e. The molecular weight excluding hydrogens is 264 g/mol. The van der Waals surface area contributed by atoms with Crippen molar-refractivity contribution in [3.63, 3.8) is 0 Å². The number of aliphatic hydroxyl groups is 1. The van der Waals surface area contributed by atoms with Gasteiger partial charge in [-0.25, -0.2) is 0 Å². The van der Waals surface area contributed by atoms with E-state index >= 15 is 0 Å².